The van der Waals surface area contributed by atoms with Gasteiger partial charge in [0.05, 0.1) is 17.6 Å². The first kappa shape index (κ1) is 15.8. The highest BCUT2D eigenvalue weighted by Gasteiger charge is 2.25. The van der Waals surface area contributed by atoms with E-state index in [0.717, 1.165) is 12.0 Å². The van der Waals surface area contributed by atoms with Crippen LogP contribution in [0.5, 0.6) is 0 Å². The van der Waals surface area contributed by atoms with Gasteiger partial charge in [0.25, 0.3) is 0 Å². The number of hydrogen-bond donors (Lipinski definition) is 1. The second-order valence-electron chi connectivity index (χ2n) is 5.46. The number of rotatable bonds is 5. The second-order valence-corrected chi connectivity index (χ2v) is 5.46. The quantitative estimate of drug-likeness (QED) is 0.892. The Bertz CT molecular complexity index is 673. The largest absolute Gasteiger partial charge is 0.326 e. The van der Waals surface area contributed by atoms with Gasteiger partial charge in [0.2, 0.25) is 5.91 Å². The number of anilines is 1. The summed E-state index contributed by atoms with van der Waals surface area (Å²) in [7, 11) is 0. The number of hydrogen-bond acceptors (Lipinski definition) is 2. The Morgan fingerprint density at radius 3 is 2.55 bits per heavy atom. The average Bonchev–Trinajstić information content (AvgIpc) is 2.56. The van der Waals surface area contributed by atoms with E-state index in [2.05, 4.69) is 25.2 Å². The third-order valence-corrected chi connectivity index (χ3v) is 3.91. The number of amides is 1. The zero-order valence-corrected chi connectivity index (χ0v) is 12.9. The number of nitriles is 1. The normalized spacial score (nSPS) is 13.0. The zero-order chi connectivity index (χ0) is 15.9. The summed E-state index contributed by atoms with van der Waals surface area (Å²) in [5, 5.41) is 11.9. The molecule has 1 N–H and O–H groups in total. The number of nitrogens with zero attached hydrogens (tertiary/aromatic N) is 1. The van der Waals surface area contributed by atoms with Gasteiger partial charge in [-0.2, -0.15) is 5.26 Å². The van der Waals surface area contributed by atoms with Crippen LogP contribution in [0, 0.1) is 17.2 Å². The standard InChI is InChI=1S/C19H20N2O/c1-3-14(2)18(16-9-5-4-6-10-16)19(22)21-17-11-7-8-15(12-17)13-20/h4-12,14,18H,3H2,1-2H3,(H,21,22)/t14-,18+/m1/s1. The van der Waals surface area contributed by atoms with Crippen molar-refractivity contribution in [1.29, 1.82) is 5.26 Å². The van der Waals surface area contributed by atoms with Crippen LogP contribution in [0.25, 0.3) is 0 Å². The molecule has 0 aliphatic heterocycles. The van der Waals surface area contributed by atoms with Crippen molar-refractivity contribution in [1.82, 2.24) is 0 Å². The van der Waals surface area contributed by atoms with Gasteiger partial charge in [-0.3, -0.25) is 4.79 Å². The predicted molar refractivity (Wildman–Crippen MR) is 88.4 cm³/mol. The van der Waals surface area contributed by atoms with E-state index in [1.54, 1.807) is 24.3 Å². The Morgan fingerprint density at radius 1 is 1.18 bits per heavy atom. The molecule has 0 aromatic heterocycles. The summed E-state index contributed by atoms with van der Waals surface area (Å²) in [4.78, 5) is 12.7. The molecule has 0 saturated heterocycles. The maximum absolute atomic E-state index is 12.7. The molecule has 0 heterocycles. The first-order valence-corrected chi connectivity index (χ1v) is 7.51. The summed E-state index contributed by atoms with van der Waals surface area (Å²) in [6.07, 6.45) is 0.922. The van der Waals surface area contributed by atoms with Crippen molar-refractivity contribution >= 4 is 11.6 Å². The van der Waals surface area contributed by atoms with E-state index in [9.17, 15) is 4.79 Å². The van der Waals surface area contributed by atoms with E-state index >= 15 is 0 Å². The maximum Gasteiger partial charge on any atom is 0.232 e. The molecule has 0 aliphatic rings. The monoisotopic (exact) mass is 292 g/mol. The Kier molecular flexibility index (Phi) is 5.32. The Hall–Kier alpha value is -2.60. The summed E-state index contributed by atoms with van der Waals surface area (Å²) in [5.41, 5.74) is 2.22. The molecule has 3 heteroatoms. The summed E-state index contributed by atoms with van der Waals surface area (Å²) in [6, 6.07) is 18.9. The van der Waals surface area contributed by atoms with Crippen LogP contribution in [0.15, 0.2) is 54.6 Å². The molecular weight excluding hydrogens is 272 g/mol. The Labute approximate surface area is 131 Å². The van der Waals surface area contributed by atoms with Crippen molar-refractivity contribution in [2.45, 2.75) is 26.2 Å². The number of nitrogens with one attached hydrogen (secondary N) is 1. The van der Waals surface area contributed by atoms with Crippen LogP contribution in [0.2, 0.25) is 0 Å². The minimum atomic E-state index is -0.197. The first-order valence-electron chi connectivity index (χ1n) is 7.51. The van der Waals surface area contributed by atoms with Gasteiger partial charge in [0, 0.05) is 5.69 Å². The molecule has 1 amide bonds. The molecule has 2 aromatic carbocycles. The summed E-state index contributed by atoms with van der Waals surface area (Å²) in [6.45, 7) is 4.17. The second kappa shape index (κ2) is 7.42. The van der Waals surface area contributed by atoms with Crippen molar-refractivity contribution in [3.63, 3.8) is 0 Å². The van der Waals surface area contributed by atoms with E-state index in [4.69, 9.17) is 5.26 Å². The fourth-order valence-electron chi connectivity index (χ4n) is 2.52. The molecule has 0 radical (unpaired) electrons. The Balaban J connectivity index is 2.24. The lowest BCUT2D eigenvalue weighted by molar-refractivity contribution is -0.118. The highest BCUT2D eigenvalue weighted by Crippen LogP contribution is 2.28. The van der Waals surface area contributed by atoms with Crippen LogP contribution in [-0.4, -0.2) is 5.91 Å². The molecule has 0 saturated carbocycles. The average molecular weight is 292 g/mol. The molecule has 112 valence electrons. The highest BCUT2D eigenvalue weighted by atomic mass is 16.1. The van der Waals surface area contributed by atoms with Crippen molar-refractivity contribution in [2.75, 3.05) is 5.32 Å². The number of carbonyl (C=O) groups excluding carboxylic acids is 1. The van der Waals surface area contributed by atoms with Crippen LogP contribution < -0.4 is 5.32 Å². The maximum atomic E-state index is 12.7. The van der Waals surface area contributed by atoms with Crippen molar-refractivity contribution in [3.05, 3.63) is 65.7 Å². The molecule has 2 rings (SSSR count). The Morgan fingerprint density at radius 2 is 1.91 bits per heavy atom. The lowest BCUT2D eigenvalue weighted by Gasteiger charge is -2.22. The van der Waals surface area contributed by atoms with Gasteiger partial charge in [-0.1, -0.05) is 56.7 Å². The fourth-order valence-corrected chi connectivity index (χ4v) is 2.52. The van der Waals surface area contributed by atoms with E-state index in [-0.39, 0.29) is 17.7 Å². The molecule has 2 aromatic rings. The summed E-state index contributed by atoms with van der Waals surface area (Å²) < 4.78 is 0. The summed E-state index contributed by atoms with van der Waals surface area (Å²) in [5.74, 6) is 0.00845. The number of carbonyl (C=O) groups is 1. The van der Waals surface area contributed by atoms with Gasteiger partial charge in [-0.15, -0.1) is 0 Å². The van der Waals surface area contributed by atoms with Crippen molar-refractivity contribution < 1.29 is 4.79 Å². The van der Waals surface area contributed by atoms with Crippen molar-refractivity contribution in [3.8, 4) is 6.07 Å². The van der Waals surface area contributed by atoms with Gasteiger partial charge in [-0.05, 0) is 29.7 Å². The van der Waals surface area contributed by atoms with E-state index < -0.39 is 0 Å². The van der Waals surface area contributed by atoms with E-state index in [1.807, 2.05) is 30.3 Å². The van der Waals surface area contributed by atoms with Crippen LogP contribution in [-0.2, 0) is 4.79 Å². The molecule has 0 unspecified atom stereocenters. The van der Waals surface area contributed by atoms with Crippen LogP contribution in [0.1, 0.15) is 37.3 Å². The first-order chi connectivity index (χ1) is 10.7. The van der Waals surface area contributed by atoms with Crippen LogP contribution in [0.4, 0.5) is 5.69 Å². The molecule has 3 nitrogen and oxygen atoms in total. The van der Waals surface area contributed by atoms with Gasteiger partial charge in [0.15, 0.2) is 0 Å². The molecule has 0 fully saturated rings. The minimum absolute atomic E-state index is 0.0318. The van der Waals surface area contributed by atoms with Gasteiger partial charge in [0.1, 0.15) is 0 Å². The molecule has 22 heavy (non-hydrogen) atoms. The van der Waals surface area contributed by atoms with Gasteiger partial charge in [-0.25, -0.2) is 0 Å². The molecule has 0 aliphatic carbocycles. The van der Waals surface area contributed by atoms with Crippen molar-refractivity contribution in [2.24, 2.45) is 5.92 Å². The lowest BCUT2D eigenvalue weighted by atomic mass is 9.85. The third-order valence-electron chi connectivity index (χ3n) is 3.91. The fraction of sp³-hybridized carbons (Fsp3) is 0.263. The van der Waals surface area contributed by atoms with Gasteiger partial charge >= 0.3 is 0 Å². The number of benzene rings is 2. The molecule has 0 bridgehead atoms. The predicted octanol–water partition coefficient (Wildman–Crippen LogP) is 4.33. The van der Waals surface area contributed by atoms with E-state index in [0.29, 0.717) is 11.3 Å². The zero-order valence-electron chi connectivity index (χ0n) is 12.9. The highest BCUT2D eigenvalue weighted by molar-refractivity contribution is 5.96. The topological polar surface area (TPSA) is 52.9 Å². The molecule has 2 atom stereocenters. The third kappa shape index (κ3) is 3.73. The smallest absolute Gasteiger partial charge is 0.232 e. The lowest BCUT2D eigenvalue weighted by Crippen LogP contribution is -2.26. The summed E-state index contributed by atoms with van der Waals surface area (Å²) >= 11 is 0. The SMILES string of the molecule is CC[C@@H](C)[C@H](C(=O)Nc1cccc(C#N)c1)c1ccccc1. The van der Waals surface area contributed by atoms with Gasteiger partial charge < -0.3 is 5.32 Å². The molecule has 0 spiro atoms. The van der Waals surface area contributed by atoms with E-state index in [1.165, 1.54) is 0 Å². The van der Waals surface area contributed by atoms with Crippen LogP contribution in [0.3, 0.4) is 0 Å². The molecular formula is C19H20N2O. The minimum Gasteiger partial charge on any atom is -0.326 e. The van der Waals surface area contributed by atoms with Crippen LogP contribution >= 0.6 is 0 Å².